The summed E-state index contributed by atoms with van der Waals surface area (Å²) in [5.41, 5.74) is 3.15. The zero-order chi connectivity index (χ0) is 14.5. The molecule has 2 rings (SSSR count). The molecular weight excluding hydrogens is 289 g/mol. The molecule has 0 aromatic heterocycles. The van der Waals surface area contributed by atoms with E-state index in [2.05, 4.69) is 36.5 Å². The fourth-order valence-corrected chi connectivity index (χ4v) is 2.68. The first-order valence-electron chi connectivity index (χ1n) is 6.89. The van der Waals surface area contributed by atoms with Gasteiger partial charge in [-0.15, -0.1) is 0 Å². The summed E-state index contributed by atoms with van der Waals surface area (Å²) in [6.07, 6.45) is 2.15. The van der Waals surface area contributed by atoms with Crippen molar-refractivity contribution < 1.29 is 0 Å². The summed E-state index contributed by atoms with van der Waals surface area (Å²) in [5.74, 6) is 0. The van der Waals surface area contributed by atoms with Crippen molar-refractivity contribution in [1.82, 2.24) is 0 Å². The summed E-state index contributed by atoms with van der Waals surface area (Å²) in [4.78, 5) is 0. The molecule has 0 spiro atoms. The molecular formula is C17H19Cl2N. The molecule has 2 aromatic rings. The molecule has 1 unspecified atom stereocenters. The summed E-state index contributed by atoms with van der Waals surface area (Å²) in [7, 11) is 0. The highest BCUT2D eigenvalue weighted by atomic mass is 35.5. The fraction of sp³-hybridized carbons (Fsp3) is 0.294. The Hall–Kier alpha value is -1.18. The highest BCUT2D eigenvalue weighted by Gasteiger charge is 2.13. The number of rotatable bonds is 5. The van der Waals surface area contributed by atoms with Crippen molar-refractivity contribution >= 4 is 28.9 Å². The molecule has 0 aliphatic heterocycles. The first-order valence-corrected chi connectivity index (χ1v) is 7.64. The SMILES string of the molecule is CCCC(Nc1cc(Cl)c(C)cc1Cl)c1ccccc1. The smallest absolute Gasteiger partial charge is 0.0641 e. The van der Waals surface area contributed by atoms with Crippen molar-refractivity contribution in [1.29, 1.82) is 0 Å². The van der Waals surface area contributed by atoms with E-state index in [9.17, 15) is 0 Å². The molecule has 2 aromatic carbocycles. The molecule has 106 valence electrons. The zero-order valence-corrected chi connectivity index (χ0v) is 13.3. The molecule has 0 heterocycles. The van der Waals surface area contributed by atoms with E-state index in [-0.39, 0.29) is 6.04 Å². The Bertz CT molecular complexity index is 567. The molecule has 1 N–H and O–H groups in total. The van der Waals surface area contributed by atoms with Crippen molar-refractivity contribution in [3.8, 4) is 0 Å². The number of anilines is 1. The van der Waals surface area contributed by atoms with Gasteiger partial charge in [-0.3, -0.25) is 0 Å². The average Bonchev–Trinajstić information content (AvgIpc) is 2.45. The lowest BCUT2D eigenvalue weighted by molar-refractivity contribution is 0.677. The van der Waals surface area contributed by atoms with Gasteiger partial charge in [0, 0.05) is 5.02 Å². The summed E-state index contributed by atoms with van der Waals surface area (Å²) in [5, 5.41) is 4.96. The van der Waals surface area contributed by atoms with Gasteiger partial charge < -0.3 is 5.32 Å². The lowest BCUT2D eigenvalue weighted by Crippen LogP contribution is -2.11. The molecule has 0 bridgehead atoms. The van der Waals surface area contributed by atoms with E-state index in [0.29, 0.717) is 5.02 Å². The van der Waals surface area contributed by atoms with Crippen LogP contribution in [0.25, 0.3) is 0 Å². The minimum atomic E-state index is 0.248. The monoisotopic (exact) mass is 307 g/mol. The molecule has 0 saturated carbocycles. The number of hydrogen-bond donors (Lipinski definition) is 1. The molecule has 1 nitrogen and oxygen atoms in total. The number of halogens is 2. The molecule has 3 heteroatoms. The normalized spacial score (nSPS) is 12.2. The Morgan fingerprint density at radius 2 is 1.75 bits per heavy atom. The van der Waals surface area contributed by atoms with Crippen LogP contribution in [0.15, 0.2) is 42.5 Å². The zero-order valence-electron chi connectivity index (χ0n) is 11.8. The van der Waals surface area contributed by atoms with E-state index in [1.165, 1.54) is 5.56 Å². The number of hydrogen-bond acceptors (Lipinski definition) is 1. The van der Waals surface area contributed by atoms with E-state index in [4.69, 9.17) is 23.2 Å². The Morgan fingerprint density at radius 3 is 2.40 bits per heavy atom. The highest BCUT2D eigenvalue weighted by Crippen LogP contribution is 2.32. The van der Waals surface area contributed by atoms with Gasteiger partial charge in [0.2, 0.25) is 0 Å². The highest BCUT2D eigenvalue weighted by molar-refractivity contribution is 6.35. The largest absolute Gasteiger partial charge is 0.377 e. The van der Waals surface area contributed by atoms with Crippen LogP contribution in [0.5, 0.6) is 0 Å². The lowest BCUT2D eigenvalue weighted by Gasteiger charge is -2.21. The second-order valence-electron chi connectivity index (χ2n) is 4.98. The van der Waals surface area contributed by atoms with Gasteiger partial charge in [-0.2, -0.15) is 0 Å². The van der Waals surface area contributed by atoms with Crippen LogP contribution in [-0.2, 0) is 0 Å². The van der Waals surface area contributed by atoms with E-state index in [1.807, 2.05) is 25.1 Å². The minimum Gasteiger partial charge on any atom is -0.377 e. The summed E-state index contributed by atoms with van der Waals surface area (Å²) in [6, 6.07) is 14.5. The second-order valence-corrected chi connectivity index (χ2v) is 5.79. The van der Waals surface area contributed by atoms with Gasteiger partial charge in [-0.25, -0.2) is 0 Å². The van der Waals surface area contributed by atoms with Gasteiger partial charge in [0.05, 0.1) is 16.8 Å². The van der Waals surface area contributed by atoms with Gasteiger partial charge in [-0.1, -0.05) is 66.9 Å². The van der Waals surface area contributed by atoms with Gasteiger partial charge in [0.15, 0.2) is 0 Å². The van der Waals surface area contributed by atoms with E-state index in [0.717, 1.165) is 29.1 Å². The number of aryl methyl sites for hydroxylation is 1. The number of benzene rings is 2. The van der Waals surface area contributed by atoms with Gasteiger partial charge in [0.1, 0.15) is 0 Å². The van der Waals surface area contributed by atoms with Crippen LogP contribution in [0.1, 0.15) is 36.9 Å². The molecule has 0 aliphatic rings. The molecule has 0 amide bonds. The van der Waals surface area contributed by atoms with Gasteiger partial charge in [0.25, 0.3) is 0 Å². The van der Waals surface area contributed by atoms with Crippen molar-refractivity contribution in [3.63, 3.8) is 0 Å². The Morgan fingerprint density at radius 1 is 1.05 bits per heavy atom. The van der Waals surface area contributed by atoms with Crippen molar-refractivity contribution in [2.75, 3.05) is 5.32 Å². The lowest BCUT2D eigenvalue weighted by atomic mass is 10.0. The van der Waals surface area contributed by atoms with Crippen LogP contribution in [0, 0.1) is 6.92 Å². The van der Waals surface area contributed by atoms with Crippen molar-refractivity contribution in [2.45, 2.75) is 32.7 Å². The van der Waals surface area contributed by atoms with E-state index in [1.54, 1.807) is 0 Å². The maximum absolute atomic E-state index is 6.31. The van der Waals surface area contributed by atoms with Crippen LogP contribution in [0.2, 0.25) is 10.0 Å². The second kappa shape index (κ2) is 7.01. The molecule has 0 aliphatic carbocycles. The van der Waals surface area contributed by atoms with Crippen LogP contribution >= 0.6 is 23.2 Å². The third-order valence-electron chi connectivity index (χ3n) is 3.36. The topological polar surface area (TPSA) is 12.0 Å². The molecule has 0 fully saturated rings. The average molecular weight is 308 g/mol. The third-order valence-corrected chi connectivity index (χ3v) is 4.08. The predicted octanol–water partition coefficient (Wildman–Crippen LogP) is 6.26. The van der Waals surface area contributed by atoms with Crippen LogP contribution in [0.4, 0.5) is 5.69 Å². The molecule has 20 heavy (non-hydrogen) atoms. The first-order chi connectivity index (χ1) is 9.61. The predicted molar refractivity (Wildman–Crippen MR) is 88.9 cm³/mol. The Balaban J connectivity index is 2.27. The minimum absolute atomic E-state index is 0.248. The summed E-state index contributed by atoms with van der Waals surface area (Å²) >= 11 is 12.5. The summed E-state index contributed by atoms with van der Waals surface area (Å²) in [6.45, 7) is 4.14. The maximum Gasteiger partial charge on any atom is 0.0641 e. The van der Waals surface area contributed by atoms with Crippen LogP contribution in [0.3, 0.4) is 0 Å². The molecule has 0 radical (unpaired) electrons. The number of nitrogens with one attached hydrogen (secondary N) is 1. The third kappa shape index (κ3) is 3.68. The fourth-order valence-electron chi connectivity index (χ4n) is 2.24. The molecule has 1 atom stereocenters. The van der Waals surface area contributed by atoms with Gasteiger partial charge >= 0.3 is 0 Å². The Kier molecular flexibility index (Phi) is 5.33. The van der Waals surface area contributed by atoms with Gasteiger partial charge in [-0.05, 0) is 36.6 Å². The first kappa shape index (κ1) is 15.2. The quantitative estimate of drug-likeness (QED) is 0.688. The van der Waals surface area contributed by atoms with Crippen molar-refractivity contribution in [2.24, 2.45) is 0 Å². The van der Waals surface area contributed by atoms with Crippen LogP contribution in [-0.4, -0.2) is 0 Å². The van der Waals surface area contributed by atoms with E-state index >= 15 is 0 Å². The Labute approximate surface area is 130 Å². The summed E-state index contributed by atoms with van der Waals surface area (Å²) < 4.78 is 0. The maximum atomic E-state index is 6.31. The van der Waals surface area contributed by atoms with E-state index < -0.39 is 0 Å². The van der Waals surface area contributed by atoms with Crippen molar-refractivity contribution in [3.05, 3.63) is 63.6 Å². The standard InChI is InChI=1S/C17H19Cl2N/c1-3-7-16(13-8-5-4-6-9-13)20-17-11-14(18)12(2)10-15(17)19/h4-6,8-11,16,20H,3,7H2,1-2H3. The van der Waals surface area contributed by atoms with Crippen LogP contribution < -0.4 is 5.32 Å². The molecule has 0 saturated heterocycles.